The molecular formula is C16H25N3OS. The Morgan fingerprint density at radius 3 is 2.81 bits per heavy atom. The minimum absolute atomic E-state index is 0.0763. The molecule has 2 atom stereocenters. The Bertz CT molecular complexity index is 456. The number of carbonyl (C=O) groups is 1. The number of likely N-dealkylation sites (tertiary alicyclic amines) is 1. The molecule has 2 aliphatic rings. The summed E-state index contributed by atoms with van der Waals surface area (Å²) in [4.78, 5) is 18.7. The molecule has 5 heteroatoms. The van der Waals surface area contributed by atoms with Crippen LogP contribution in [0.3, 0.4) is 0 Å². The number of amides is 1. The fourth-order valence-corrected chi connectivity index (χ4v) is 4.24. The molecule has 1 aromatic heterocycles. The van der Waals surface area contributed by atoms with Crippen LogP contribution >= 0.6 is 11.3 Å². The Hall–Kier alpha value is -0.910. The summed E-state index contributed by atoms with van der Waals surface area (Å²) in [5, 5.41) is 5.55. The molecule has 1 aromatic rings. The van der Waals surface area contributed by atoms with Gasteiger partial charge in [-0.1, -0.05) is 6.07 Å². The molecule has 2 fully saturated rings. The van der Waals surface area contributed by atoms with Crippen LogP contribution in [-0.4, -0.2) is 54.5 Å². The predicted octanol–water partition coefficient (Wildman–Crippen LogP) is 2.10. The second kappa shape index (κ2) is 6.90. The normalized spacial score (nSPS) is 25.8. The highest BCUT2D eigenvalue weighted by Crippen LogP contribution is 2.29. The van der Waals surface area contributed by atoms with Gasteiger partial charge in [-0.05, 0) is 37.6 Å². The van der Waals surface area contributed by atoms with Gasteiger partial charge in [-0.2, -0.15) is 0 Å². The summed E-state index contributed by atoms with van der Waals surface area (Å²) in [6.45, 7) is 6.93. The van der Waals surface area contributed by atoms with Crippen LogP contribution in [0.25, 0.3) is 0 Å². The van der Waals surface area contributed by atoms with Gasteiger partial charge in [-0.3, -0.25) is 9.69 Å². The number of rotatable bonds is 3. The monoisotopic (exact) mass is 307 g/mol. The molecule has 0 aliphatic carbocycles. The van der Waals surface area contributed by atoms with Crippen molar-refractivity contribution in [2.75, 3.05) is 32.7 Å². The number of hydrogen-bond donors (Lipinski definition) is 1. The van der Waals surface area contributed by atoms with Crippen molar-refractivity contribution in [2.45, 2.75) is 38.3 Å². The van der Waals surface area contributed by atoms with E-state index in [1.807, 2.05) is 0 Å². The van der Waals surface area contributed by atoms with Gasteiger partial charge in [0.25, 0.3) is 0 Å². The SMILES string of the molecule is CC1CN(C(C(=O)N2CCCCC2)c2cccs2)CCN1. The average molecular weight is 307 g/mol. The van der Waals surface area contributed by atoms with E-state index in [0.29, 0.717) is 11.9 Å². The molecule has 3 heterocycles. The molecule has 0 radical (unpaired) electrons. The second-order valence-electron chi connectivity index (χ2n) is 6.15. The van der Waals surface area contributed by atoms with Crippen LogP contribution in [0.15, 0.2) is 17.5 Å². The molecule has 0 saturated carbocycles. The van der Waals surface area contributed by atoms with Gasteiger partial charge in [-0.15, -0.1) is 11.3 Å². The third kappa shape index (κ3) is 3.47. The quantitative estimate of drug-likeness (QED) is 0.929. The molecule has 4 nitrogen and oxygen atoms in total. The summed E-state index contributed by atoms with van der Waals surface area (Å²) < 4.78 is 0. The molecule has 0 bridgehead atoms. The summed E-state index contributed by atoms with van der Waals surface area (Å²) in [6, 6.07) is 4.55. The summed E-state index contributed by atoms with van der Waals surface area (Å²) in [5.41, 5.74) is 0. The van der Waals surface area contributed by atoms with Crippen molar-refractivity contribution >= 4 is 17.2 Å². The maximum absolute atomic E-state index is 13.1. The van der Waals surface area contributed by atoms with Crippen LogP contribution < -0.4 is 5.32 Å². The first-order chi connectivity index (χ1) is 10.3. The van der Waals surface area contributed by atoms with E-state index in [4.69, 9.17) is 0 Å². The van der Waals surface area contributed by atoms with Gasteiger partial charge in [0, 0.05) is 43.6 Å². The van der Waals surface area contributed by atoms with E-state index in [-0.39, 0.29) is 6.04 Å². The van der Waals surface area contributed by atoms with Gasteiger partial charge in [0.15, 0.2) is 0 Å². The van der Waals surface area contributed by atoms with Gasteiger partial charge in [0.1, 0.15) is 6.04 Å². The molecule has 0 aromatic carbocycles. The van der Waals surface area contributed by atoms with Crippen molar-refractivity contribution in [1.82, 2.24) is 15.1 Å². The maximum atomic E-state index is 13.1. The van der Waals surface area contributed by atoms with Gasteiger partial charge < -0.3 is 10.2 Å². The smallest absolute Gasteiger partial charge is 0.245 e. The lowest BCUT2D eigenvalue weighted by molar-refractivity contribution is -0.138. The van der Waals surface area contributed by atoms with Crippen molar-refractivity contribution in [3.05, 3.63) is 22.4 Å². The molecule has 1 amide bonds. The van der Waals surface area contributed by atoms with E-state index in [2.05, 4.69) is 39.6 Å². The molecule has 2 unspecified atom stereocenters. The topological polar surface area (TPSA) is 35.6 Å². The van der Waals surface area contributed by atoms with Crippen molar-refractivity contribution in [2.24, 2.45) is 0 Å². The van der Waals surface area contributed by atoms with E-state index in [9.17, 15) is 4.79 Å². The van der Waals surface area contributed by atoms with Crippen molar-refractivity contribution < 1.29 is 4.79 Å². The first-order valence-electron chi connectivity index (χ1n) is 8.05. The Labute approximate surface area is 131 Å². The van der Waals surface area contributed by atoms with E-state index in [1.54, 1.807) is 11.3 Å². The zero-order valence-electron chi connectivity index (χ0n) is 12.8. The summed E-state index contributed by atoms with van der Waals surface area (Å²) >= 11 is 1.71. The third-order valence-electron chi connectivity index (χ3n) is 4.48. The zero-order valence-corrected chi connectivity index (χ0v) is 13.6. The lowest BCUT2D eigenvalue weighted by atomic mass is 10.1. The van der Waals surface area contributed by atoms with E-state index >= 15 is 0 Å². The van der Waals surface area contributed by atoms with Crippen LogP contribution in [0.5, 0.6) is 0 Å². The number of piperazine rings is 1. The minimum atomic E-state index is -0.0763. The second-order valence-corrected chi connectivity index (χ2v) is 7.13. The van der Waals surface area contributed by atoms with Crippen LogP contribution in [0, 0.1) is 0 Å². The molecule has 21 heavy (non-hydrogen) atoms. The van der Waals surface area contributed by atoms with Gasteiger partial charge >= 0.3 is 0 Å². The average Bonchev–Trinajstić information content (AvgIpc) is 3.02. The van der Waals surface area contributed by atoms with Gasteiger partial charge in [0.05, 0.1) is 0 Å². The first kappa shape index (κ1) is 15.0. The van der Waals surface area contributed by atoms with Crippen LogP contribution in [0.2, 0.25) is 0 Å². The molecule has 2 aliphatic heterocycles. The largest absolute Gasteiger partial charge is 0.341 e. The lowest BCUT2D eigenvalue weighted by Gasteiger charge is -2.39. The van der Waals surface area contributed by atoms with Crippen molar-refractivity contribution in [1.29, 1.82) is 0 Å². The fourth-order valence-electron chi connectivity index (χ4n) is 3.39. The minimum Gasteiger partial charge on any atom is -0.341 e. The Kier molecular flexibility index (Phi) is 4.93. The summed E-state index contributed by atoms with van der Waals surface area (Å²) in [5.74, 6) is 0.311. The zero-order chi connectivity index (χ0) is 14.7. The van der Waals surface area contributed by atoms with E-state index < -0.39 is 0 Å². The summed E-state index contributed by atoms with van der Waals surface area (Å²) in [7, 11) is 0. The highest BCUT2D eigenvalue weighted by atomic mass is 32.1. The predicted molar refractivity (Wildman–Crippen MR) is 86.5 cm³/mol. The maximum Gasteiger partial charge on any atom is 0.245 e. The van der Waals surface area contributed by atoms with Crippen LogP contribution in [-0.2, 0) is 4.79 Å². The molecule has 116 valence electrons. The number of hydrogen-bond acceptors (Lipinski definition) is 4. The molecule has 0 spiro atoms. The van der Waals surface area contributed by atoms with Gasteiger partial charge in [-0.25, -0.2) is 0 Å². The third-order valence-corrected chi connectivity index (χ3v) is 5.40. The standard InChI is InChI=1S/C16H25N3OS/c1-13-12-19(10-7-17-13)15(14-6-5-11-21-14)16(20)18-8-3-2-4-9-18/h5-6,11,13,15,17H,2-4,7-10,12H2,1H3. The molecule has 1 N–H and O–H groups in total. The number of carbonyl (C=O) groups excluding carboxylic acids is 1. The van der Waals surface area contributed by atoms with Crippen LogP contribution in [0.1, 0.15) is 37.1 Å². The number of piperidine rings is 1. The molecule has 2 saturated heterocycles. The number of thiophene rings is 1. The number of nitrogens with one attached hydrogen (secondary N) is 1. The summed E-state index contributed by atoms with van der Waals surface area (Å²) in [6.07, 6.45) is 3.57. The highest BCUT2D eigenvalue weighted by molar-refractivity contribution is 7.10. The van der Waals surface area contributed by atoms with E-state index in [1.165, 1.54) is 11.3 Å². The van der Waals surface area contributed by atoms with Gasteiger partial charge in [0.2, 0.25) is 5.91 Å². The Morgan fingerprint density at radius 2 is 2.14 bits per heavy atom. The lowest BCUT2D eigenvalue weighted by Crippen LogP contribution is -2.54. The van der Waals surface area contributed by atoms with E-state index in [0.717, 1.165) is 45.6 Å². The first-order valence-corrected chi connectivity index (χ1v) is 8.93. The molecular weight excluding hydrogens is 282 g/mol. The fraction of sp³-hybridized carbons (Fsp3) is 0.688. The van der Waals surface area contributed by atoms with Crippen LogP contribution in [0.4, 0.5) is 0 Å². The Balaban J connectivity index is 1.80. The number of nitrogens with zero attached hydrogens (tertiary/aromatic N) is 2. The molecule has 3 rings (SSSR count). The highest BCUT2D eigenvalue weighted by Gasteiger charge is 2.34. The Morgan fingerprint density at radius 1 is 1.33 bits per heavy atom. The van der Waals surface area contributed by atoms with Crippen molar-refractivity contribution in [3.63, 3.8) is 0 Å². The van der Waals surface area contributed by atoms with Crippen molar-refractivity contribution in [3.8, 4) is 0 Å².